The zero-order chi connectivity index (χ0) is 15.6. The first-order valence-corrected chi connectivity index (χ1v) is 7.75. The first-order chi connectivity index (χ1) is 9.86. The molecule has 1 aliphatic heterocycles. The van der Waals surface area contributed by atoms with Gasteiger partial charge >= 0.3 is 5.97 Å². The van der Waals surface area contributed by atoms with Crippen LogP contribution in [-0.4, -0.2) is 61.2 Å². The van der Waals surface area contributed by atoms with Crippen LogP contribution in [0.1, 0.15) is 6.42 Å². The molecule has 0 aliphatic carbocycles. The van der Waals surface area contributed by atoms with Crippen molar-refractivity contribution < 1.29 is 22.7 Å². The number of morpholine rings is 1. The molecule has 1 unspecified atom stereocenters. The van der Waals surface area contributed by atoms with Gasteiger partial charge < -0.3 is 19.8 Å². The van der Waals surface area contributed by atoms with E-state index in [0.29, 0.717) is 0 Å². The molecule has 1 fully saturated rings. The molecule has 1 atom stereocenters. The van der Waals surface area contributed by atoms with E-state index in [1.54, 1.807) is 7.05 Å². The highest BCUT2D eigenvalue weighted by Gasteiger charge is 2.35. The quantitative estimate of drug-likeness (QED) is 0.704. The van der Waals surface area contributed by atoms with Gasteiger partial charge in [-0.05, 0) is 0 Å². The minimum absolute atomic E-state index is 0.00336. The average molecular weight is 318 g/mol. The van der Waals surface area contributed by atoms with Crippen LogP contribution in [0.2, 0.25) is 0 Å². The van der Waals surface area contributed by atoms with Crippen molar-refractivity contribution in [1.82, 2.24) is 13.9 Å². The lowest BCUT2D eigenvalue weighted by molar-refractivity contribution is -0.145. The van der Waals surface area contributed by atoms with Crippen LogP contribution in [0.15, 0.2) is 11.4 Å². The third kappa shape index (κ3) is 3.17. The molecule has 0 saturated carbocycles. The minimum atomic E-state index is -3.78. The lowest BCUT2D eigenvalue weighted by Crippen LogP contribution is -2.46. The summed E-state index contributed by atoms with van der Waals surface area (Å²) in [7, 11) is -0.947. The van der Waals surface area contributed by atoms with Crippen LogP contribution in [-0.2, 0) is 31.3 Å². The highest BCUT2D eigenvalue weighted by molar-refractivity contribution is 7.89. The number of sulfonamides is 1. The van der Waals surface area contributed by atoms with Crippen LogP contribution >= 0.6 is 0 Å². The Labute approximate surface area is 122 Å². The number of aromatic nitrogens is 2. The summed E-state index contributed by atoms with van der Waals surface area (Å²) in [5, 5.41) is -0.0544. The Kier molecular flexibility index (Phi) is 4.49. The molecule has 1 aromatic heterocycles. The number of imidazole rings is 1. The standard InChI is InChI=1S/C11H18N4O5S/c1-14-7-13-10(12)11(14)21(17,18)15-3-4-20-8(6-15)5-9(16)19-2/h7-8H,3-6,12H2,1-2H3. The molecule has 21 heavy (non-hydrogen) atoms. The Morgan fingerprint density at radius 1 is 1.62 bits per heavy atom. The molecule has 0 spiro atoms. The maximum atomic E-state index is 12.6. The molecule has 9 nitrogen and oxygen atoms in total. The largest absolute Gasteiger partial charge is 0.469 e. The number of nitrogen functional groups attached to an aromatic ring is 1. The van der Waals surface area contributed by atoms with Crippen LogP contribution in [0.25, 0.3) is 0 Å². The first-order valence-electron chi connectivity index (χ1n) is 6.31. The summed E-state index contributed by atoms with van der Waals surface area (Å²) in [5.41, 5.74) is 5.63. The van der Waals surface area contributed by atoms with E-state index in [-0.39, 0.29) is 37.0 Å². The van der Waals surface area contributed by atoms with Gasteiger partial charge in [-0.25, -0.2) is 13.4 Å². The van der Waals surface area contributed by atoms with Gasteiger partial charge in [-0.1, -0.05) is 0 Å². The van der Waals surface area contributed by atoms with Crippen molar-refractivity contribution in [2.75, 3.05) is 32.5 Å². The van der Waals surface area contributed by atoms with Crippen LogP contribution < -0.4 is 5.73 Å². The van der Waals surface area contributed by atoms with Crippen molar-refractivity contribution >= 4 is 21.8 Å². The highest BCUT2D eigenvalue weighted by Crippen LogP contribution is 2.23. The first kappa shape index (κ1) is 15.7. The smallest absolute Gasteiger partial charge is 0.308 e. The summed E-state index contributed by atoms with van der Waals surface area (Å²) in [4.78, 5) is 15.1. The van der Waals surface area contributed by atoms with Crippen molar-refractivity contribution in [2.24, 2.45) is 7.05 Å². The van der Waals surface area contributed by atoms with Gasteiger partial charge in [0.15, 0.2) is 10.8 Å². The van der Waals surface area contributed by atoms with Gasteiger partial charge in [-0.15, -0.1) is 0 Å². The second-order valence-corrected chi connectivity index (χ2v) is 6.54. The SMILES string of the molecule is COC(=O)CC1CN(S(=O)(=O)c2c(N)ncn2C)CCO1. The number of ether oxygens (including phenoxy) is 2. The lowest BCUT2D eigenvalue weighted by atomic mass is 10.2. The Hall–Kier alpha value is -1.65. The van der Waals surface area contributed by atoms with E-state index in [2.05, 4.69) is 9.72 Å². The van der Waals surface area contributed by atoms with Crippen molar-refractivity contribution in [1.29, 1.82) is 0 Å². The van der Waals surface area contributed by atoms with E-state index in [1.807, 2.05) is 0 Å². The normalized spacial score (nSPS) is 20.4. The fraction of sp³-hybridized carbons (Fsp3) is 0.636. The number of nitrogens with two attached hydrogens (primary N) is 1. The van der Waals surface area contributed by atoms with E-state index < -0.39 is 22.1 Å². The topological polar surface area (TPSA) is 117 Å². The number of esters is 1. The number of methoxy groups -OCH3 is 1. The Bertz CT molecular complexity index is 607. The lowest BCUT2D eigenvalue weighted by Gasteiger charge is -2.31. The maximum absolute atomic E-state index is 12.6. The molecular weight excluding hydrogens is 300 g/mol. The molecular formula is C11H18N4O5S. The molecule has 10 heteroatoms. The van der Waals surface area contributed by atoms with Gasteiger partial charge in [-0.2, -0.15) is 4.31 Å². The zero-order valence-electron chi connectivity index (χ0n) is 11.9. The number of carbonyl (C=O) groups is 1. The van der Waals surface area contributed by atoms with Gasteiger partial charge in [0.1, 0.15) is 0 Å². The summed E-state index contributed by atoms with van der Waals surface area (Å²) in [6.07, 6.45) is 0.813. The fourth-order valence-electron chi connectivity index (χ4n) is 2.18. The number of hydrogen-bond donors (Lipinski definition) is 1. The molecule has 2 rings (SSSR count). The fourth-order valence-corrected chi connectivity index (χ4v) is 3.83. The van der Waals surface area contributed by atoms with E-state index in [1.165, 1.54) is 22.3 Å². The molecule has 1 aliphatic rings. The Morgan fingerprint density at radius 2 is 2.33 bits per heavy atom. The predicted molar refractivity (Wildman–Crippen MR) is 72.8 cm³/mol. The van der Waals surface area contributed by atoms with E-state index in [9.17, 15) is 13.2 Å². The Morgan fingerprint density at radius 3 is 2.90 bits per heavy atom. The van der Waals surface area contributed by atoms with Crippen molar-refractivity contribution in [3.8, 4) is 0 Å². The molecule has 1 aromatic rings. The molecule has 118 valence electrons. The molecule has 2 heterocycles. The van der Waals surface area contributed by atoms with E-state index in [0.717, 1.165) is 0 Å². The molecule has 1 saturated heterocycles. The minimum Gasteiger partial charge on any atom is -0.469 e. The predicted octanol–water partition coefficient (Wildman–Crippen LogP) is -1.05. The van der Waals surface area contributed by atoms with Gasteiger partial charge in [0, 0.05) is 20.1 Å². The van der Waals surface area contributed by atoms with Crippen LogP contribution in [0, 0.1) is 0 Å². The van der Waals surface area contributed by atoms with Gasteiger partial charge in [0.2, 0.25) is 0 Å². The van der Waals surface area contributed by atoms with Crippen LogP contribution in [0.4, 0.5) is 5.82 Å². The maximum Gasteiger partial charge on any atom is 0.308 e. The van der Waals surface area contributed by atoms with Crippen LogP contribution in [0.5, 0.6) is 0 Å². The molecule has 0 amide bonds. The van der Waals surface area contributed by atoms with E-state index in [4.69, 9.17) is 10.5 Å². The number of nitrogens with zero attached hydrogens (tertiary/aromatic N) is 3. The van der Waals surface area contributed by atoms with Crippen molar-refractivity contribution in [3.05, 3.63) is 6.33 Å². The summed E-state index contributed by atoms with van der Waals surface area (Å²) in [6, 6.07) is 0. The van der Waals surface area contributed by atoms with Gasteiger partial charge in [0.25, 0.3) is 10.0 Å². The van der Waals surface area contributed by atoms with Crippen molar-refractivity contribution in [2.45, 2.75) is 17.6 Å². The number of aryl methyl sites for hydroxylation is 1. The van der Waals surface area contributed by atoms with Gasteiger partial charge in [-0.3, -0.25) is 4.79 Å². The average Bonchev–Trinajstić information content (AvgIpc) is 2.78. The monoisotopic (exact) mass is 318 g/mol. The summed E-state index contributed by atoms with van der Waals surface area (Å²) >= 11 is 0. The number of rotatable bonds is 4. The number of anilines is 1. The zero-order valence-corrected chi connectivity index (χ0v) is 12.7. The molecule has 0 radical (unpaired) electrons. The molecule has 0 bridgehead atoms. The van der Waals surface area contributed by atoms with Crippen LogP contribution in [0.3, 0.4) is 0 Å². The number of hydrogen-bond acceptors (Lipinski definition) is 7. The molecule has 0 aromatic carbocycles. The van der Waals surface area contributed by atoms with E-state index >= 15 is 0 Å². The number of carbonyl (C=O) groups excluding carboxylic acids is 1. The molecule has 2 N–H and O–H groups in total. The van der Waals surface area contributed by atoms with Crippen molar-refractivity contribution in [3.63, 3.8) is 0 Å². The second kappa shape index (κ2) is 6.00. The summed E-state index contributed by atoms with van der Waals surface area (Å²) in [6.45, 7) is 0.478. The Balaban J connectivity index is 2.19. The third-order valence-electron chi connectivity index (χ3n) is 3.22. The second-order valence-electron chi connectivity index (χ2n) is 4.68. The third-order valence-corrected chi connectivity index (χ3v) is 5.21. The summed E-state index contributed by atoms with van der Waals surface area (Å²) < 4.78 is 37.8. The van der Waals surface area contributed by atoms with Gasteiger partial charge in [0.05, 0.1) is 32.6 Å². The summed E-state index contributed by atoms with van der Waals surface area (Å²) in [5.74, 6) is -0.493. The highest BCUT2D eigenvalue weighted by atomic mass is 32.2.